The normalized spacial score (nSPS) is 19.4. The second kappa shape index (κ2) is 8.65. The van der Waals surface area contributed by atoms with Crippen molar-refractivity contribution in [2.45, 2.75) is 39.0 Å². The Kier molecular flexibility index (Phi) is 6.24. The van der Waals surface area contributed by atoms with Crippen LogP contribution in [0, 0.1) is 11.6 Å². The summed E-state index contributed by atoms with van der Waals surface area (Å²) < 4.78 is 37.9. The fourth-order valence-corrected chi connectivity index (χ4v) is 3.69. The van der Waals surface area contributed by atoms with E-state index in [1.807, 2.05) is 6.92 Å². The van der Waals surface area contributed by atoms with Gasteiger partial charge in [-0.2, -0.15) is 0 Å². The second-order valence-electron chi connectivity index (χ2n) is 6.77. The monoisotopic (exact) mass is 391 g/mol. The molecule has 150 valence electrons. The molecule has 1 aliphatic heterocycles. The summed E-state index contributed by atoms with van der Waals surface area (Å²) in [5.41, 5.74) is 2.29. The van der Waals surface area contributed by atoms with Crippen LogP contribution in [-0.2, 0) is 19.1 Å². The van der Waals surface area contributed by atoms with Crippen LogP contribution < -0.4 is 5.32 Å². The number of benzene rings is 1. The van der Waals surface area contributed by atoms with Crippen molar-refractivity contribution in [2.75, 3.05) is 19.8 Å². The zero-order valence-electron chi connectivity index (χ0n) is 15.9. The van der Waals surface area contributed by atoms with Gasteiger partial charge in [-0.25, -0.2) is 13.6 Å². The Labute approximate surface area is 162 Å². The molecule has 3 rings (SSSR count). The van der Waals surface area contributed by atoms with E-state index in [0.29, 0.717) is 42.7 Å². The largest absolute Gasteiger partial charge is 0.460 e. The number of allylic oxidation sites excluding steroid dienone is 3. The van der Waals surface area contributed by atoms with Crippen molar-refractivity contribution in [1.82, 2.24) is 5.32 Å². The van der Waals surface area contributed by atoms with Crippen LogP contribution in [0.15, 0.2) is 40.7 Å². The van der Waals surface area contributed by atoms with Gasteiger partial charge in [0.1, 0.15) is 6.61 Å². The highest BCUT2D eigenvalue weighted by Gasteiger charge is 2.39. The maximum atomic E-state index is 13.9. The van der Waals surface area contributed by atoms with Gasteiger partial charge in [0, 0.05) is 35.9 Å². The van der Waals surface area contributed by atoms with Gasteiger partial charge in [-0.05, 0) is 44.4 Å². The van der Waals surface area contributed by atoms with Crippen LogP contribution in [0.5, 0.6) is 0 Å². The lowest BCUT2D eigenvalue weighted by Gasteiger charge is -2.34. The first-order chi connectivity index (χ1) is 13.4. The third-order valence-electron chi connectivity index (χ3n) is 4.94. The van der Waals surface area contributed by atoms with E-state index in [0.717, 1.165) is 17.8 Å². The Bertz CT molecular complexity index is 860. The second-order valence-corrected chi connectivity index (χ2v) is 6.77. The summed E-state index contributed by atoms with van der Waals surface area (Å²) in [5, 5.41) is 3.15. The molecule has 0 bridgehead atoms. The molecule has 1 atom stereocenters. The molecule has 0 amide bonds. The fourth-order valence-electron chi connectivity index (χ4n) is 3.69. The highest BCUT2D eigenvalue weighted by molar-refractivity contribution is 6.03. The zero-order valence-corrected chi connectivity index (χ0v) is 15.9. The summed E-state index contributed by atoms with van der Waals surface area (Å²) in [4.78, 5) is 25.5. The summed E-state index contributed by atoms with van der Waals surface area (Å²) in [6, 6.07) is 3.45. The lowest BCUT2D eigenvalue weighted by molar-refractivity contribution is -0.140. The van der Waals surface area contributed by atoms with E-state index < -0.39 is 23.5 Å². The van der Waals surface area contributed by atoms with Gasteiger partial charge < -0.3 is 14.8 Å². The van der Waals surface area contributed by atoms with Crippen LogP contribution in [-0.4, -0.2) is 31.6 Å². The van der Waals surface area contributed by atoms with Gasteiger partial charge in [-0.1, -0.05) is 6.07 Å². The Morgan fingerprint density at radius 1 is 1.21 bits per heavy atom. The summed E-state index contributed by atoms with van der Waals surface area (Å²) >= 11 is 0. The lowest BCUT2D eigenvalue weighted by atomic mass is 9.75. The van der Waals surface area contributed by atoms with Crippen molar-refractivity contribution in [1.29, 1.82) is 0 Å². The standard InChI is InChI=1S/C21H23F2NO4/c1-3-27-9-10-28-21(26)18-12(2)24-16-5-4-6-17(25)20(16)19(18)13-7-8-14(22)15(23)11-13/h7-8,11,19,24H,3-6,9-10H2,1-2H3. The van der Waals surface area contributed by atoms with Crippen molar-refractivity contribution in [3.63, 3.8) is 0 Å². The third-order valence-corrected chi connectivity index (χ3v) is 4.94. The number of hydrogen-bond donors (Lipinski definition) is 1. The van der Waals surface area contributed by atoms with Crippen LogP contribution in [0.4, 0.5) is 8.78 Å². The molecular formula is C21H23F2NO4. The van der Waals surface area contributed by atoms with Crippen LogP contribution in [0.1, 0.15) is 44.6 Å². The number of esters is 1. The third kappa shape index (κ3) is 3.99. The van der Waals surface area contributed by atoms with Gasteiger partial charge in [0.25, 0.3) is 0 Å². The topological polar surface area (TPSA) is 64.6 Å². The number of ether oxygens (including phenoxy) is 2. The van der Waals surface area contributed by atoms with Crippen molar-refractivity contribution in [3.8, 4) is 0 Å². The number of rotatable bonds is 6. The van der Waals surface area contributed by atoms with Gasteiger partial charge in [-0.15, -0.1) is 0 Å². The molecule has 5 nitrogen and oxygen atoms in total. The minimum atomic E-state index is -1.02. The van der Waals surface area contributed by atoms with Crippen LogP contribution >= 0.6 is 0 Å². The summed E-state index contributed by atoms with van der Waals surface area (Å²) in [5.74, 6) is -3.51. The number of halogens is 2. The molecule has 0 spiro atoms. The van der Waals surface area contributed by atoms with Gasteiger partial charge in [0.15, 0.2) is 17.4 Å². The van der Waals surface area contributed by atoms with E-state index in [1.165, 1.54) is 6.07 Å². The number of dihydropyridines is 1. The lowest BCUT2D eigenvalue weighted by Crippen LogP contribution is -2.34. The number of carbonyl (C=O) groups excluding carboxylic acids is 2. The van der Waals surface area contributed by atoms with E-state index in [2.05, 4.69) is 5.32 Å². The Morgan fingerprint density at radius 2 is 2.00 bits per heavy atom. The van der Waals surface area contributed by atoms with Gasteiger partial charge in [0.05, 0.1) is 12.2 Å². The molecule has 2 aliphatic rings. The summed E-state index contributed by atoms with van der Waals surface area (Å²) in [6.07, 6.45) is 1.72. The predicted octanol–water partition coefficient (Wildman–Crippen LogP) is 3.51. The molecule has 0 saturated carbocycles. The average molecular weight is 391 g/mol. The van der Waals surface area contributed by atoms with Crippen molar-refractivity contribution < 1.29 is 27.8 Å². The van der Waals surface area contributed by atoms with Crippen molar-refractivity contribution in [3.05, 3.63) is 57.9 Å². The molecule has 1 heterocycles. The number of hydrogen-bond acceptors (Lipinski definition) is 5. The zero-order chi connectivity index (χ0) is 20.3. The smallest absolute Gasteiger partial charge is 0.336 e. The van der Waals surface area contributed by atoms with E-state index in [-0.39, 0.29) is 24.6 Å². The minimum absolute atomic E-state index is 0.0633. The van der Waals surface area contributed by atoms with Crippen LogP contribution in [0.25, 0.3) is 0 Å². The SMILES string of the molecule is CCOCCOC(=O)C1=C(C)NC2=C(C(=O)CCC2)C1c1ccc(F)c(F)c1. The van der Waals surface area contributed by atoms with E-state index in [1.54, 1.807) is 6.92 Å². The van der Waals surface area contributed by atoms with Crippen molar-refractivity contribution >= 4 is 11.8 Å². The molecule has 7 heteroatoms. The molecule has 0 aromatic heterocycles. The Hall–Kier alpha value is -2.54. The van der Waals surface area contributed by atoms with Gasteiger partial charge in [-0.3, -0.25) is 4.79 Å². The molecule has 1 aromatic carbocycles. The molecule has 0 fully saturated rings. The van der Waals surface area contributed by atoms with Crippen LogP contribution in [0.3, 0.4) is 0 Å². The fraction of sp³-hybridized carbons (Fsp3) is 0.429. The van der Waals surface area contributed by atoms with E-state index >= 15 is 0 Å². The van der Waals surface area contributed by atoms with Crippen LogP contribution in [0.2, 0.25) is 0 Å². The summed E-state index contributed by atoms with van der Waals surface area (Å²) in [7, 11) is 0. The molecule has 28 heavy (non-hydrogen) atoms. The quantitative estimate of drug-likeness (QED) is 0.594. The Morgan fingerprint density at radius 3 is 2.71 bits per heavy atom. The first-order valence-electron chi connectivity index (χ1n) is 9.37. The maximum absolute atomic E-state index is 13.9. The number of ketones is 1. The summed E-state index contributed by atoms with van der Waals surface area (Å²) in [6.45, 7) is 4.37. The molecule has 0 saturated heterocycles. The molecule has 1 aromatic rings. The molecule has 1 unspecified atom stereocenters. The molecular weight excluding hydrogens is 368 g/mol. The molecule has 1 aliphatic carbocycles. The maximum Gasteiger partial charge on any atom is 0.336 e. The molecule has 1 N–H and O–H groups in total. The Balaban J connectivity index is 2.01. The van der Waals surface area contributed by atoms with Gasteiger partial charge in [0.2, 0.25) is 0 Å². The first kappa shape index (κ1) is 20.2. The number of carbonyl (C=O) groups is 2. The minimum Gasteiger partial charge on any atom is -0.460 e. The highest BCUT2D eigenvalue weighted by atomic mass is 19.2. The van der Waals surface area contributed by atoms with Gasteiger partial charge >= 0.3 is 5.97 Å². The highest BCUT2D eigenvalue weighted by Crippen LogP contribution is 2.42. The molecule has 0 radical (unpaired) electrons. The number of nitrogens with one attached hydrogen (secondary N) is 1. The van der Waals surface area contributed by atoms with E-state index in [4.69, 9.17) is 9.47 Å². The first-order valence-corrected chi connectivity index (χ1v) is 9.37. The average Bonchev–Trinajstić information content (AvgIpc) is 2.66. The van der Waals surface area contributed by atoms with Crippen molar-refractivity contribution in [2.24, 2.45) is 0 Å². The predicted molar refractivity (Wildman–Crippen MR) is 98.3 cm³/mol. The number of Topliss-reactive ketones (excluding diaryl/α,β-unsaturated/α-hetero) is 1. The van der Waals surface area contributed by atoms with E-state index in [9.17, 15) is 18.4 Å².